The number of fused-ring (bicyclic) bond motifs is 3. The molecular weight excluding hydrogens is 719 g/mol. The van der Waals surface area contributed by atoms with E-state index in [4.69, 9.17) is 0 Å². The van der Waals surface area contributed by atoms with Crippen molar-refractivity contribution in [3.8, 4) is 50.2 Å². The van der Waals surface area contributed by atoms with Crippen molar-refractivity contribution >= 4 is 33.4 Å². The average molecular weight is 756 g/mol. The fourth-order valence-corrected chi connectivity index (χ4v) is 8.48. The Bertz CT molecular complexity index is 2980. The number of hydrogen-bond donors (Lipinski definition) is 0. The van der Waals surface area contributed by atoms with E-state index in [9.17, 15) is 9.59 Å². The minimum absolute atomic E-state index is 0.00254. The lowest BCUT2D eigenvalue weighted by atomic mass is 9.88. The zero-order valence-corrected chi connectivity index (χ0v) is 32.1. The first-order chi connectivity index (χ1) is 29.1. The first-order valence-corrected chi connectivity index (χ1v) is 19.8. The number of hydrogen-bond acceptors (Lipinski definition) is 2. The van der Waals surface area contributed by atoms with Gasteiger partial charge in [-0.3, -0.25) is 9.59 Å². The maximum absolute atomic E-state index is 13.9. The van der Waals surface area contributed by atoms with Gasteiger partial charge in [0.1, 0.15) is 0 Å². The summed E-state index contributed by atoms with van der Waals surface area (Å²) in [4.78, 5) is 27.8. The first-order valence-electron chi connectivity index (χ1n) is 19.8. The molecule has 0 radical (unpaired) electrons. The van der Waals surface area contributed by atoms with Crippen LogP contribution in [0.15, 0.2) is 224 Å². The Morgan fingerprint density at radius 2 is 0.644 bits per heavy atom. The molecule has 1 aromatic heterocycles. The van der Waals surface area contributed by atoms with Crippen LogP contribution in [-0.4, -0.2) is 16.1 Å². The minimum atomic E-state index is -0.00254. The summed E-state index contributed by atoms with van der Waals surface area (Å²) in [6.07, 6.45) is 0. The van der Waals surface area contributed by atoms with E-state index < -0.39 is 0 Å². The van der Waals surface area contributed by atoms with Crippen molar-refractivity contribution < 1.29 is 9.59 Å². The van der Waals surface area contributed by atoms with E-state index in [-0.39, 0.29) is 11.6 Å². The van der Waals surface area contributed by atoms with Gasteiger partial charge in [-0.05, 0) is 80.9 Å². The highest BCUT2D eigenvalue weighted by Crippen LogP contribution is 2.42. The van der Waals surface area contributed by atoms with Gasteiger partial charge in [0.2, 0.25) is 0 Å². The second kappa shape index (κ2) is 15.2. The van der Waals surface area contributed by atoms with Crippen LogP contribution in [0, 0.1) is 0 Å². The predicted octanol–water partition coefficient (Wildman–Crippen LogP) is 13.9. The molecule has 0 aliphatic heterocycles. The van der Waals surface area contributed by atoms with Gasteiger partial charge in [-0.15, -0.1) is 0 Å². The van der Waals surface area contributed by atoms with Crippen molar-refractivity contribution in [3.05, 3.63) is 247 Å². The highest BCUT2D eigenvalue weighted by molar-refractivity contribution is 6.16. The zero-order chi connectivity index (χ0) is 39.7. The molecule has 59 heavy (non-hydrogen) atoms. The molecule has 0 amide bonds. The van der Waals surface area contributed by atoms with Crippen LogP contribution in [0.25, 0.3) is 72.0 Å². The maximum Gasteiger partial charge on any atom is 0.193 e. The highest BCUT2D eigenvalue weighted by atomic mass is 16.1. The van der Waals surface area contributed by atoms with Gasteiger partial charge in [-0.25, -0.2) is 0 Å². The quantitative estimate of drug-likeness (QED) is 0.138. The second-order valence-electron chi connectivity index (χ2n) is 14.7. The third kappa shape index (κ3) is 6.45. The van der Waals surface area contributed by atoms with E-state index in [1.165, 1.54) is 0 Å². The van der Waals surface area contributed by atoms with Gasteiger partial charge in [0.15, 0.2) is 11.6 Å². The van der Waals surface area contributed by atoms with Gasteiger partial charge in [0.25, 0.3) is 0 Å². The number of aromatic nitrogens is 1. The molecule has 0 spiro atoms. The van der Waals surface area contributed by atoms with Crippen LogP contribution in [0.1, 0.15) is 31.8 Å². The van der Waals surface area contributed by atoms with Crippen LogP contribution in [0.2, 0.25) is 0 Å². The molecule has 3 heteroatoms. The molecule has 278 valence electrons. The summed E-state index contributed by atoms with van der Waals surface area (Å²) in [5.41, 5.74) is 13.9. The standard InChI is InChI=1S/C56H37NO2/c58-55(38-18-4-1-5-19-38)49-30-16-14-28-47(49)45-26-12-10-24-43(45)40-32-34-53-51(36-40)52-37-41(33-35-54(52)57(53)42-22-8-3-9-23-42)44-25-11-13-27-46(44)48-29-15-17-31-50(48)56(59)39-20-6-2-7-21-39/h1-37H. The van der Waals surface area contributed by atoms with Crippen LogP contribution < -0.4 is 0 Å². The number of nitrogens with zero attached hydrogens (tertiary/aromatic N) is 1. The average Bonchev–Trinajstić information content (AvgIpc) is 3.65. The number of benzene rings is 9. The molecule has 10 rings (SSSR count). The SMILES string of the molecule is O=C(c1ccccc1)c1ccccc1-c1ccccc1-c1ccc2c(c1)c1cc(-c3ccccc3-c3ccccc3C(=O)c3ccccc3)ccc1n2-c1ccccc1. The van der Waals surface area contributed by atoms with E-state index in [0.717, 1.165) is 72.0 Å². The van der Waals surface area contributed by atoms with E-state index in [1.54, 1.807) is 0 Å². The smallest absolute Gasteiger partial charge is 0.193 e. The third-order valence-corrected chi connectivity index (χ3v) is 11.3. The van der Waals surface area contributed by atoms with Crippen molar-refractivity contribution in [1.29, 1.82) is 0 Å². The lowest BCUT2D eigenvalue weighted by molar-refractivity contribution is 0.103. The van der Waals surface area contributed by atoms with Gasteiger partial charge in [0.05, 0.1) is 11.0 Å². The lowest BCUT2D eigenvalue weighted by Crippen LogP contribution is -2.03. The Hall–Kier alpha value is -7.88. The van der Waals surface area contributed by atoms with E-state index >= 15 is 0 Å². The fourth-order valence-electron chi connectivity index (χ4n) is 8.48. The maximum atomic E-state index is 13.9. The van der Waals surface area contributed by atoms with Gasteiger partial charge in [-0.2, -0.15) is 0 Å². The topological polar surface area (TPSA) is 39.1 Å². The van der Waals surface area contributed by atoms with Crippen molar-refractivity contribution in [3.63, 3.8) is 0 Å². The summed E-state index contributed by atoms with van der Waals surface area (Å²) < 4.78 is 2.33. The monoisotopic (exact) mass is 755 g/mol. The molecule has 0 aliphatic rings. The molecule has 10 aromatic rings. The second-order valence-corrected chi connectivity index (χ2v) is 14.7. The molecule has 0 bridgehead atoms. The highest BCUT2D eigenvalue weighted by Gasteiger charge is 2.21. The van der Waals surface area contributed by atoms with E-state index in [1.807, 2.05) is 127 Å². The molecule has 0 unspecified atom stereocenters. The van der Waals surface area contributed by atoms with Crippen molar-refractivity contribution in [2.75, 3.05) is 0 Å². The zero-order valence-electron chi connectivity index (χ0n) is 32.1. The minimum Gasteiger partial charge on any atom is -0.309 e. The molecule has 0 saturated heterocycles. The Labute approximate surface area is 343 Å². The molecule has 0 aliphatic carbocycles. The largest absolute Gasteiger partial charge is 0.309 e. The summed E-state index contributed by atoms with van der Waals surface area (Å²) >= 11 is 0. The molecule has 0 saturated carbocycles. The van der Waals surface area contributed by atoms with Crippen LogP contribution in [0.5, 0.6) is 0 Å². The normalized spacial score (nSPS) is 11.2. The fraction of sp³-hybridized carbons (Fsp3) is 0. The molecular formula is C56H37NO2. The molecule has 9 aromatic carbocycles. The lowest BCUT2D eigenvalue weighted by Gasteiger charge is -2.14. The van der Waals surface area contributed by atoms with Crippen LogP contribution in [-0.2, 0) is 0 Å². The van der Waals surface area contributed by atoms with Gasteiger partial charge < -0.3 is 4.57 Å². The van der Waals surface area contributed by atoms with Gasteiger partial charge >= 0.3 is 0 Å². The number of rotatable bonds is 9. The Kier molecular flexibility index (Phi) is 9.17. The molecule has 0 N–H and O–H groups in total. The summed E-state index contributed by atoms with van der Waals surface area (Å²) in [5, 5.41) is 2.23. The summed E-state index contributed by atoms with van der Waals surface area (Å²) in [5.74, 6) is -0.00509. The van der Waals surface area contributed by atoms with Gasteiger partial charge in [-0.1, -0.05) is 188 Å². The first kappa shape index (κ1) is 35.5. The Morgan fingerprint density at radius 3 is 1.07 bits per heavy atom. The van der Waals surface area contributed by atoms with Crippen LogP contribution in [0.4, 0.5) is 0 Å². The predicted molar refractivity (Wildman–Crippen MR) is 242 cm³/mol. The number of ketones is 2. The van der Waals surface area contributed by atoms with Crippen LogP contribution >= 0.6 is 0 Å². The van der Waals surface area contributed by atoms with E-state index in [0.29, 0.717) is 22.3 Å². The summed E-state index contributed by atoms with van der Waals surface area (Å²) in [7, 11) is 0. The molecule has 0 atom stereocenters. The van der Waals surface area contributed by atoms with E-state index in [2.05, 4.69) is 102 Å². The Morgan fingerprint density at radius 1 is 0.305 bits per heavy atom. The number of para-hydroxylation sites is 1. The van der Waals surface area contributed by atoms with Gasteiger partial charge in [0, 0.05) is 38.7 Å². The van der Waals surface area contributed by atoms with Crippen molar-refractivity contribution in [1.82, 2.24) is 4.57 Å². The third-order valence-electron chi connectivity index (χ3n) is 11.3. The Balaban J connectivity index is 1.15. The molecule has 3 nitrogen and oxygen atoms in total. The molecule has 0 fully saturated rings. The van der Waals surface area contributed by atoms with Crippen molar-refractivity contribution in [2.24, 2.45) is 0 Å². The molecule has 1 heterocycles. The van der Waals surface area contributed by atoms with Crippen molar-refractivity contribution in [2.45, 2.75) is 0 Å². The summed E-state index contributed by atoms with van der Waals surface area (Å²) in [6.45, 7) is 0. The number of carbonyl (C=O) groups excluding carboxylic acids is 2. The summed E-state index contributed by atoms with van der Waals surface area (Å²) in [6, 6.07) is 75.4. The number of carbonyl (C=O) groups is 2. The van der Waals surface area contributed by atoms with Crippen LogP contribution in [0.3, 0.4) is 0 Å².